The first-order valence-corrected chi connectivity index (χ1v) is 9.36. The molecule has 0 radical (unpaired) electrons. The Hall–Kier alpha value is -3.79. The largest absolute Gasteiger partial charge is 0.508 e. The molecule has 0 saturated heterocycles. The van der Waals surface area contributed by atoms with E-state index < -0.39 is 5.41 Å². The lowest BCUT2D eigenvalue weighted by Gasteiger charge is -2.34. The highest BCUT2D eigenvalue weighted by atomic mass is 19.1. The molecule has 0 amide bonds. The second-order valence-electron chi connectivity index (χ2n) is 7.41. The fourth-order valence-corrected chi connectivity index (χ4v) is 4.54. The van der Waals surface area contributed by atoms with Gasteiger partial charge >= 0.3 is 0 Å². The van der Waals surface area contributed by atoms with E-state index in [0.29, 0.717) is 11.4 Å². The molecule has 0 fully saturated rings. The van der Waals surface area contributed by atoms with E-state index in [9.17, 15) is 9.50 Å². The van der Waals surface area contributed by atoms with E-state index in [1.807, 2.05) is 54.6 Å². The molecule has 0 bridgehead atoms. The SMILES string of the molecule is Nc1ccc(C2(c3ccc(N)cc3)c3cc(O)ccc3-c3ccc(F)cc32)cc1. The minimum Gasteiger partial charge on any atom is -0.508 e. The summed E-state index contributed by atoms with van der Waals surface area (Å²) in [5.41, 5.74) is 17.9. The zero-order valence-corrected chi connectivity index (χ0v) is 15.6. The van der Waals surface area contributed by atoms with Crippen LogP contribution in [0.1, 0.15) is 22.3 Å². The number of benzene rings is 4. The Morgan fingerprint density at radius 3 is 1.66 bits per heavy atom. The van der Waals surface area contributed by atoms with Crippen LogP contribution in [0.2, 0.25) is 0 Å². The highest BCUT2D eigenvalue weighted by molar-refractivity contribution is 5.87. The Morgan fingerprint density at radius 2 is 1.10 bits per heavy atom. The number of nitrogens with two attached hydrogens (primary N) is 2. The van der Waals surface area contributed by atoms with Crippen LogP contribution in [0.3, 0.4) is 0 Å². The number of halogens is 1. The van der Waals surface area contributed by atoms with E-state index in [1.165, 1.54) is 6.07 Å². The van der Waals surface area contributed by atoms with Gasteiger partial charge in [0.15, 0.2) is 0 Å². The van der Waals surface area contributed by atoms with Crippen LogP contribution in [0, 0.1) is 5.82 Å². The molecule has 0 atom stereocenters. The molecule has 4 aromatic rings. The molecule has 4 heteroatoms. The smallest absolute Gasteiger partial charge is 0.123 e. The van der Waals surface area contributed by atoms with Crippen molar-refractivity contribution in [3.63, 3.8) is 0 Å². The summed E-state index contributed by atoms with van der Waals surface area (Å²) in [7, 11) is 0. The van der Waals surface area contributed by atoms with Gasteiger partial charge in [0.1, 0.15) is 11.6 Å². The Morgan fingerprint density at radius 1 is 0.621 bits per heavy atom. The van der Waals surface area contributed by atoms with Gasteiger partial charge < -0.3 is 16.6 Å². The van der Waals surface area contributed by atoms with Crippen LogP contribution in [-0.2, 0) is 5.41 Å². The normalized spacial score (nSPS) is 13.7. The quantitative estimate of drug-likeness (QED) is 0.374. The number of rotatable bonds is 2. The topological polar surface area (TPSA) is 72.3 Å². The van der Waals surface area contributed by atoms with Gasteiger partial charge in [0.25, 0.3) is 0 Å². The number of phenolic OH excluding ortho intramolecular Hbond substituents is 1. The van der Waals surface area contributed by atoms with Crippen molar-refractivity contribution in [2.75, 3.05) is 11.5 Å². The third-order valence-electron chi connectivity index (χ3n) is 5.77. The van der Waals surface area contributed by atoms with Gasteiger partial charge in [0.05, 0.1) is 5.41 Å². The lowest BCUT2D eigenvalue weighted by molar-refractivity contribution is 0.474. The van der Waals surface area contributed by atoms with Gasteiger partial charge in [-0.2, -0.15) is 0 Å². The molecule has 3 nitrogen and oxygen atoms in total. The van der Waals surface area contributed by atoms with Crippen molar-refractivity contribution in [3.05, 3.63) is 113 Å². The molecule has 1 aliphatic rings. The average molecular weight is 382 g/mol. The van der Waals surface area contributed by atoms with Crippen LogP contribution < -0.4 is 11.5 Å². The maximum atomic E-state index is 14.5. The number of phenols is 1. The summed E-state index contributed by atoms with van der Waals surface area (Å²) in [5.74, 6) is -0.150. The van der Waals surface area contributed by atoms with Crippen molar-refractivity contribution >= 4 is 11.4 Å². The third-order valence-corrected chi connectivity index (χ3v) is 5.77. The molecule has 142 valence electrons. The molecule has 0 saturated carbocycles. The zero-order valence-electron chi connectivity index (χ0n) is 15.6. The van der Waals surface area contributed by atoms with E-state index >= 15 is 0 Å². The number of hydrogen-bond donors (Lipinski definition) is 3. The summed E-state index contributed by atoms with van der Waals surface area (Å²) in [6.07, 6.45) is 0. The molecule has 29 heavy (non-hydrogen) atoms. The number of anilines is 2. The lowest BCUT2D eigenvalue weighted by Crippen LogP contribution is -2.28. The van der Waals surface area contributed by atoms with Gasteiger partial charge in [0, 0.05) is 11.4 Å². The Labute approximate surface area is 168 Å². The Kier molecular flexibility index (Phi) is 3.65. The third kappa shape index (κ3) is 2.42. The monoisotopic (exact) mass is 382 g/mol. The van der Waals surface area contributed by atoms with Crippen LogP contribution in [-0.4, -0.2) is 5.11 Å². The number of nitrogen functional groups attached to an aromatic ring is 2. The molecule has 0 aromatic heterocycles. The van der Waals surface area contributed by atoms with Crippen molar-refractivity contribution in [2.24, 2.45) is 0 Å². The first-order valence-electron chi connectivity index (χ1n) is 9.36. The highest BCUT2D eigenvalue weighted by Crippen LogP contribution is 2.56. The van der Waals surface area contributed by atoms with Crippen LogP contribution in [0.15, 0.2) is 84.9 Å². The molecule has 1 aliphatic carbocycles. The fourth-order valence-electron chi connectivity index (χ4n) is 4.54. The van der Waals surface area contributed by atoms with Crippen molar-refractivity contribution in [3.8, 4) is 16.9 Å². The molecule has 5 rings (SSSR count). The van der Waals surface area contributed by atoms with E-state index in [0.717, 1.165) is 33.4 Å². The maximum Gasteiger partial charge on any atom is 0.123 e. The second kappa shape index (κ2) is 6.11. The van der Waals surface area contributed by atoms with Crippen molar-refractivity contribution in [1.29, 1.82) is 0 Å². The summed E-state index contributed by atoms with van der Waals surface area (Å²) in [6.45, 7) is 0. The van der Waals surface area contributed by atoms with Crippen molar-refractivity contribution in [1.82, 2.24) is 0 Å². The molecule has 4 aromatic carbocycles. The van der Waals surface area contributed by atoms with E-state index in [-0.39, 0.29) is 11.6 Å². The van der Waals surface area contributed by atoms with Gasteiger partial charge in [0.2, 0.25) is 0 Å². The van der Waals surface area contributed by atoms with Gasteiger partial charge in [-0.15, -0.1) is 0 Å². The molecule has 0 spiro atoms. The van der Waals surface area contributed by atoms with E-state index in [1.54, 1.807) is 24.3 Å². The Balaban J connectivity index is 1.97. The summed E-state index contributed by atoms with van der Waals surface area (Å²) in [6, 6.07) is 25.4. The predicted octanol–water partition coefficient (Wildman–Crippen LogP) is 5.06. The van der Waals surface area contributed by atoms with Gasteiger partial charge in [-0.3, -0.25) is 0 Å². The fraction of sp³-hybridized carbons (Fsp3) is 0.0400. The standard InChI is InChI=1S/C25H19FN2O/c26-17-5-11-21-22-12-10-20(29)14-24(22)25(23(21)13-17,15-1-6-18(27)7-2-15)16-3-8-19(28)9-4-16/h1-14,29H,27-28H2. The minimum absolute atomic E-state index is 0.160. The van der Waals surface area contributed by atoms with Crippen molar-refractivity contribution in [2.45, 2.75) is 5.41 Å². The van der Waals surface area contributed by atoms with Gasteiger partial charge in [-0.05, 0) is 81.9 Å². The Bertz CT molecular complexity index is 1130. The predicted molar refractivity (Wildman–Crippen MR) is 114 cm³/mol. The molecule has 5 N–H and O–H groups in total. The zero-order chi connectivity index (χ0) is 20.2. The first kappa shape index (κ1) is 17.3. The molecular formula is C25H19FN2O. The van der Waals surface area contributed by atoms with Gasteiger partial charge in [-0.1, -0.05) is 36.4 Å². The van der Waals surface area contributed by atoms with Crippen LogP contribution in [0.5, 0.6) is 5.75 Å². The summed E-state index contributed by atoms with van der Waals surface area (Å²) in [5, 5.41) is 10.3. The molecular weight excluding hydrogens is 363 g/mol. The molecule has 0 aliphatic heterocycles. The van der Waals surface area contributed by atoms with E-state index in [2.05, 4.69) is 0 Å². The lowest BCUT2D eigenvalue weighted by atomic mass is 9.67. The maximum absolute atomic E-state index is 14.5. The number of aromatic hydroxyl groups is 1. The highest BCUT2D eigenvalue weighted by Gasteiger charge is 2.46. The summed E-state index contributed by atoms with van der Waals surface area (Å²) < 4.78 is 14.5. The summed E-state index contributed by atoms with van der Waals surface area (Å²) >= 11 is 0. The van der Waals surface area contributed by atoms with Crippen molar-refractivity contribution < 1.29 is 9.50 Å². The summed E-state index contributed by atoms with van der Waals surface area (Å²) in [4.78, 5) is 0. The average Bonchev–Trinajstić information content (AvgIpc) is 2.99. The second-order valence-corrected chi connectivity index (χ2v) is 7.41. The molecule has 0 unspecified atom stereocenters. The van der Waals surface area contributed by atoms with Gasteiger partial charge in [-0.25, -0.2) is 4.39 Å². The van der Waals surface area contributed by atoms with Crippen LogP contribution in [0.25, 0.3) is 11.1 Å². The van der Waals surface area contributed by atoms with Crippen LogP contribution >= 0.6 is 0 Å². The van der Waals surface area contributed by atoms with E-state index in [4.69, 9.17) is 11.5 Å². The van der Waals surface area contributed by atoms with Crippen LogP contribution in [0.4, 0.5) is 15.8 Å². The minimum atomic E-state index is -0.799. The number of hydrogen-bond acceptors (Lipinski definition) is 3. The molecule has 0 heterocycles. The number of fused-ring (bicyclic) bond motifs is 3. The first-order chi connectivity index (χ1) is 14.0.